The second-order valence-electron chi connectivity index (χ2n) is 13.5. The average molecular weight is 647 g/mol. The van der Waals surface area contributed by atoms with E-state index in [9.17, 15) is 24.6 Å². The van der Waals surface area contributed by atoms with E-state index in [0.717, 1.165) is 36.9 Å². The van der Waals surface area contributed by atoms with E-state index in [2.05, 4.69) is 21.5 Å². The van der Waals surface area contributed by atoms with Crippen molar-refractivity contribution in [3.05, 3.63) is 66.0 Å². The molecule has 0 unspecified atom stereocenters. The number of carbonyl (C=O) groups excluding carboxylic acids is 3. The third-order valence-corrected chi connectivity index (χ3v) is 9.09. The van der Waals surface area contributed by atoms with Gasteiger partial charge in [-0.1, -0.05) is 82.3 Å². The fraction of sp³-hybridized carbons (Fsp3) is 0.579. The topological polar surface area (TPSA) is 132 Å². The Morgan fingerprint density at radius 3 is 2.34 bits per heavy atom. The minimum atomic E-state index is -1.16. The van der Waals surface area contributed by atoms with E-state index < -0.39 is 42.0 Å². The fourth-order valence-electron chi connectivity index (χ4n) is 6.33. The highest BCUT2D eigenvalue weighted by atomic mass is 16.3. The van der Waals surface area contributed by atoms with Crippen LogP contribution in [0.4, 0.5) is 0 Å². The zero-order valence-electron chi connectivity index (χ0n) is 28.3. The van der Waals surface area contributed by atoms with Crippen LogP contribution >= 0.6 is 0 Å². The van der Waals surface area contributed by atoms with Gasteiger partial charge in [0.1, 0.15) is 12.1 Å². The summed E-state index contributed by atoms with van der Waals surface area (Å²) < 4.78 is 0. The summed E-state index contributed by atoms with van der Waals surface area (Å²) in [5.74, 6) is 1.10. The second-order valence-corrected chi connectivity index (χ2v) is 13.5. The molecule has 1 aromatic carbocycles. The van der Waals surface area contributed by atoms with Gasteiger partial charge in [-0.3, -0.25) is 19.4 Å². The van der Waals surface area contributed by atoms with Crippen LogP contribution in [0.3, 0.4) is 0 Å². The number of hydrogen-bond acceptors (Lipinski definition) is 6. The summed E-state index contributed by atoms with van der Waals surface area (Å²) in [6.45, 7) is 4.39. The monoisotopic (exact) mass is 646 g/mol. The maximum absolute atomic E-state index is 13.8. The molecule has 2 aromatic rings. The Balaban J connectivity index is 1.73. The standard InChI is InChI=1S/C38H54N4O5/c1-5-14-32(38(47)41-33(25-29-17-10-7-11-18-29)36(45)34(43)23-27(2)3)40-37(46)30(24-28-15-8-6-9-16-28)26-35(44)42(4)22-20-31-19-12-13-21-39-31/h1,6,8-9,12-13,15-16,19,21,27,29-30,32-34,36,43,45H,7,10-11,14,17-18,20,22-26H2,2-4H3,(H,40,46)(H,41,47)/t30-,32+,33+,34+,36-/m1/s1. The molecule has 47 heavy (non-hydrogen) atoms. The lowest BCUT2D eigenvalue weighted by molar-refractivity contribution is -0.136. The van der Waals surface area contributed by atoms with Crippen LogP contribution in [0.1, 0.15) is 82.9 Å². The van der Waals surface area contributed by atoms with E-state index in [1.54, 1.807) is 18.1 Å². The van der Waals surface area contributed by atoms with Gasteiger partial charge in [-0.2, -0.15) is 0 Å². The molecule has 0 radical (unpaired) electrons. The Hall–Kier alpha value is -3.74. The number of amides is 3. The number of benzene rings is 1. The first-order chi connectivity index (χ1) is 22.6. The van der Waals surface area contributed by atoms with Crippen LogP contribution in [0.5, 0.6) is 0 Å². The molecule has 0 aliphatic heterocycles. The van der Waals surface area contributed by atoms with Gasteiger partial charge in [0.2, 0.25) is 17.7 Å². The van der Waals surface area contributed by atoms with Crippen molar-refractivity contribution in [3.63, 3.8) is 0 Å². The first-order valence-electron chi connectivity index (χ1n) is 17.2. The zero-order valence-corrected chi connectivity index (χ0v) is 28.3. The van der Waals surface area contributed by atoms with Crippen molar-refractivity contribution in [1.29, 1.82) is 0 Å². The van der Waals surface area contributed by atoms with E-state index in [4.69, 9.17) is 6.42 Å². The van der Waals surface area contributed by atoms with Crippen molar-refractivity contribution in [2.75, 3.05) is 13.6 Å². The number of aromatic nitrogens is 1. The van der Waals surface area contributed by atoms with Gasteiger partial charge in [0.25, 0.3) is 0 Å². The van der Waals surface area contributed by atoms with Crippen LogP contribution in [0, 0.1) is 30.1 Å². The molecule has 0 bridgehead atoms. The fourth-order valence-corrected chi connectivity index (χ4v) is 6.33. The minimum Gasteiger partial charge on any atom is -0.390 e. The molecular weight excluding hydrogens is 592 g/mol. The number of carbonyl (C=O) groups is 3. The molecule has 1 aliphatic rings. The van der Waals surface area contributed by atoms with Crippen LogP contribution in [0.2, 0.25) is 0 Å². The molecule has 3 amide bonds. The molecular formula is C38H54N4O5. The molecule has 0 spiro atoms. The predicted molar refractivity (Wildman–Crippen MR) is 184 cm³/mol. The van der Waals surface area contributed by atoms with Crippen molar-refractivity contribution in [2.24, 2.45) is 17.8 Å². The first-order valence-corrected chi connectivity index (χ1v) is 17.2. The van der Waals surface area contributed by atoms with Gasteiger partial charge in [0, 0.05) is 44.7 Å². The van der Waals surface area contributed by atoms with E-state index in [1.807, 2.05) is 62.4 Å². The molecule has 1 saturated carbocycles. The number of aliphatic hydroxyl groups excluding tert-OH is 2. The number of terminal acetylenes is 1. The van der Waals surface area contributed by atoms with E-state index in [1.165, 1.54) is 6.42 Å². The van der Waals surface area contributed by atoms with Crippen molar-refractivity contribution in [2.45, 2.75) is 109 Å². The van der Waals surface area contributed by atoms with Crippen molar-refractivity contribution < 1.29 is 24.6 Å². The number of aliphatic hydroxyl groups is 2. The van der Waals surface area contributed by atoms with Crippen molar-refractivity contribution >= 4 is 17.7 Å². The molecule has 9 nitrogen and oxygen atoms in total. The highest BCUT2D eigenvalue weighted by Gasteiger charge is 2.34. The van der Waals surface area contributed by atoms with E-state index in [0.29, 0.717) is 38.1 Å². The Bertz CT molecular complexity index is 1280. The Kier molecular flexibility index (Phi) is 15.9. The van der Waals surface area contributed by atoms with Crippen LogP contribution in [0.25, 0.3) is 0 Å². The molecule has 0 saturated heterocycles. The van der Waals surface area contributed by atoms with Gasteiger partial charge >= 0.3 is 0 Å². The summed E-state index contributed by atoms with van der Waals surface area (Å²) in [5, 5.41) is 27.8. The lowest BCUT2D eigenvalue weighted by Gasteiger charge is -2.33. The summed E-state index contributed by atoms with van der Waals surface area (Å²) in [5.41, 5.74) is 1.77. The van der Waals surface area contributed by atoms with Crippen LogP contribution in [0.15, 0.2) is 54.7 Å². The third kappa shape index (κ3) is 13.1. The molecule has 1 aliphatic carbocycles. The van der Waals surface area contributed by atoms with Crippen molar-refractivity contribution in [1.82, 2.24) is 20.5 Å². The van der Waals surface area contributed by atoms with Gasteiger partial charge in [0.15, 0.2) is 0 Å². The van der Waals surface area contributed by atoms with Crippen LogP contribution in [-0.4, -0.2) is 75.7 Å². The second kappa shape index (κ2) is 19.8. The minimum absolute atomic E-state index is 0.0474. The van der Waals surface area contributed by atoms with Crippen LogP contribution < -0.4 is 10.6 Å². The largest absolute Gasteiger partial charge is 0.390 e. The molecule has 9 heteroatoms. The summed E-state index contributed by atoms with van der Waals surface area (Å²) in [4.78, 5) is 46.8. The molecule has 256 valence electrons. The highest BCUT2D eigenvalue weighted by molar-refractivity contribution is 5.91. The number of hydrogen-bond donors (Lipinski definition) is 4. The molecule has 5 atom stereocenters. The van der Waals surface area contributed by atoms with Gasteiger partial charge in [0.05, 0.1) is 18.1 Å². The Morgan fingerprint density at radius 2 is 1.70 bits per heavy atom. The lowest BCUT2D eigenvalue weighted by Crippen LogP contribution is -2.56. The Labute approximate surface area is 280 Å². The van der Waals surface area contributed by atoms with Gasteiger partial charge in [-0.15, -0.1) is 12.3 Å². The number of rotatable bonds is 18. The molecule has 1 fully saturated rings. The average Bonchev–Trinajstić information content (AvgIpc) is 3.07. The molecule has 1 heterocycles. The normalized spacial score (nSPS) is 16.7. The number of likely N-dealkylation sites (N-methyl/N-ethyl adjacent to an activating group) is 1. The van der Waals surface area contributed by atoms with Gasteiger partial charge in [-0.05, 0) is 48.8 Å². The van der Waals surface area contributed by atoms with Crippen molar-refractivity contribution in [3.8, 4) is 12.3 Å². The zero-order chi connectivity index (χ0) is 34.2. The van der Waals surface area contributed by atoms with Gasteiger partial charge < -0.3 is 25.7 Å². The number of nitrogens with zero attached hydrogens (tertiary/aromatic N) is 2. The molecule has 3 rings (SSSR count). The number of nitrogens with one attached hydrogen (secondary N) is 2. The highest BCUT2D eigenvalue weighted by Crippen LogP contribution is 2.29. The quantitative estimate of drug-likeness (QED) is 0.181. The summed E-state index contributed by atoms with van der Waals surface area (Å²) in [6.07, 6.45) is 12.3. The SMILES string of the molecule is C#CC[C@H](NC(=O)[C@@H](CC(=O)N(C)CCc1ccccn1)Cc1ccccc1)C(=O)N[C@@H](CC1CCCCC1)[C@@H](O)[C@@H](O)CC(C)C. The molecule has 4 N–H and O–H groups in total. The third-order valence-electron chi connectivity index (χ3n) is 9.09. The summed E-state index contributed by atoms with van der Waals surface area (Å²) >= 11 is 0. The van der Waals surface area contributed by atoms with E-state index in [-0.39, 0.29) is 24.7 Å². The lowest BCUT2D eigenvalue weighted by atomic mass is 9.82. The molecule has 1 aromatic heterocycles. The maximum atomic E-state index is 13.8. The smallest absolute Gasteiger partial charge is 0.243 e. The van der Waals surface area contributed by atoms with Gasteiger partial charge in [-0.25, -0.2) is 0 Å². The number of pyridine rings is 1. The summed E-state index contributed by atoms with van der Waals surface area (Å²) in [6, 6.07) is 13.4. The first kappa shape index (κ1) is 37.7. The summed E-state index contributed by atoms with van der Waals surface area (Å²) in [7, 11) is 1.71. The van der Waals surface area contributed by atoms with Crippen LogP contribution in [-0.2, 0) is 27.2 Å². The maximum Gasteiger partial charge on any atom is 0.243 e. The van der Waals surface area contributed by atoms with E-state index >= 15 is 0 Å². The Morgan fingerprint density at radius 1 is 1.00 bits per heavy atom. The predicted octanol–water partition coefficient (Wildman–Crippen LogP) is 4.06.